The van der Waals surface area contributed by atoms with E-state index in [9.17, 15) is 4.79 Å². The molecule has 2 aliphatic heterocycles. The fraction of sp³-hybridized carbons (Fsp3) is 0.889. The van der Waals surface area contributed by atoms with Gasteiger partial charge in [0.25, 0.3) is 0 Å². The average molecular weight is 216 g/mol. The molecule has 0 N–H and O–H groups in total. The van der Waals surface area contributed by atoms with E-state index in [2.05, 4.69) is 0 Å². The van der Waals surface area contributed by atoms with E-state index in [4.69, 9.17) is 13.3 Å². The predicted octanol–water partition coefficient (Wildman–Crippen LogP) is 1.13. The van der Waals surface area contributed by atoms with Gasteiger partial charge in [-0.25, -0.2) is 0 Å². The Bertz CT molecular complexity index is 221. The molecule has 5 heteroatoms. The van der Waals surface area contributed by atoms with E-state index in [0.29, 0.717) is 6.42 Å². The fourth-order valence-electron chi connectivity index (χ4n) is 2.14. The van der Waals surface area contributed by atoms with Crippen molar-refractivity contribution >= 4 is 15.1 Å². The second-order valence-electron chi connectivity index (χ2n) is 3.97. The van der Waals surface area contributed by atoms with Crippen molar-refractivity contribution < 1.29 is 18.1 Å². The van der Waals surface area contributed by atoms with E-state index in [1.165, 1.54) is 0 Å². The van der Waals surface area contributed by atoms with Crippen LogP contribution in [-0.2, 0) is 18.1 Å². The molecule has 14 heavy (non-hydrogen) atoms. The van der Waals surface area contributed by atoms with Gasteiger partial charge in [0.1, 0.15) is 6.29 Å². The fourth-order valence-corrected chi connectivity index (χ4v) is 5.50. The molecular weight excluding hydrogens is 200 g/mol. The minimum Gasteiger partial charge on any atom is -0.368 e. The lowest BCUT2D eigenvalue weighted by Crippen LogP contribution is -2.43. The zero-order chi connectivity index (χ0) is 10.2. The molecule has 2 fully saturated rings. The predicted molar refractivity (Wildman–Crippen MR) is 51.8 cm³/mol. The van der Waals surface area contributed by atoms with Crippen LogP contribution in [0.5, 0.6) is 0 Å². The Balaban J connectivity index is 1.93. The van der Waals surface area contributed by atoms with E-state index in [0.717, 1.165) is 18.8 Å². The maximum Gasteiger partial charge on any atom is 0.502 e. The van der Waals surface area contributed by atoms with Gasteiger partial charge in [0, 0.05) is 12.5 Å². The van der Waals surface area contributed by atoms with Gasteiger partial charge in [0.05, 0.1) is 18.3 Å². The maximum absolute atomic E-state index is 10.2. The minimum absolute atomic E-state index is 0.109. The lowest BCUT2D eigenvalue weighted by atomic mass is 10.1. The number of fused-ring (bicyclic) bond motifs is 2. The lowest BCUT2D eigenvalue weighted by Gasteiger charge is -2.26. The molecule has 0 aromatic carbocycles. The van der Waals surface area contributed by atoms with E-state index in [1.54, 1.807) is 0 Å². The first kappa shape index (κ1) is 10.3. The Labute approximate surface area is 84.9 Å². The maximum atomic E-state index is 10.2. The Kier molecular flexibility index (Phi) is 2.74. The summed E-state index contributed by atoms with van der Waals surface area (Å²) in [6, 6.07) is 0.775. The molecule has 4 atom stereocenters. The first-order valence-electron chi connectivity index (χ1n) is 5.14. The molecule has 0 aliphatic carbocycles. The Hall–Kier alpha value is -0.233. The van der Waals surface area contributed by atoms with E-state index < -0.39 is 8.80 Å². The van der Waals surface area contributed by atoms with Crippen LogP contribution in [0, 0.1) is 0 Å². The molecule has 0 aromatic rings. The minimum atomic E-state index is -2.35. The molecule has 0 aromatic heterocycles. The smallest absolute Gasteiger partial charge is 0.368 e. The summed E-state index contributed by atoms with van der Waals surface area (Å²) >= 11 is 0. The molecule has 1 unspecified atom stereocenters. The summed E-state index contributed by atoms with van der Waals surface area (Å²) in [5, 5.41) is 0. The van der Waals surface area contributed by atoms with Crippen molar-refractivity contribution in [2.45, 2.75) is 51.0 Å². The van der Waals surface area contributed by atoms with Gasteiger partial charge in [-0.15, -0.1) is 0 Å². The van der Waals surface area contributed by atoms with Gasteiger partial charge >= 0.3 is 8.80 Å². The summed E-state index contributed by atoms with van der Waals surface area (Å²) in [5.74, 6) is 0. The van der Waals surface area contributed by atoms with Crippen LogP contribution < -0.4 is 0 Å². The second kappa shape index (κ2) is 3.73. The van der Waals surface area contributed by atoms with Gasteiger partial charge in [-0.3, -0.25) is 0 Å². The highest BCUT2D eigenvalue weighted by molar-refractivity contribution is 6.62. The first-order valence-corrected chi connectivity index (χ1v) is 7.07. The second-order valence-corrected chi connectivity index (χ2v) is 6.54. The van der Waals surface area contributed by atoms with Crippen molar-refractivity contribution in [2.24, 2.45) is 0 Å². The van der Waals surface area contributed by atoms with Crippen LogP contribution in [0.25, 0.3) is 0 Å². The third kappa shape index (κ3) is 1.65. The monoisotopic (exact) mass is 216 g/mol. The summed E-state index contributed by atoms with van der Waals surface area (Å²) in [7, 11) is -2.35. The molecule has 0 amide bonds. The molecule has 80 valence electrons. The van der Waals surface area contributed by atoms with E-state index >= 15 is 0 Å². The van der Waals surface area contributed by atoms with Gasteiger partial charge in [-0.1, -0.05) is 0 Å². The third-order valence-electron chi connectivity index (χ3n) is 2.78. The van der Waals surface area contributed by atoms with Crippen molar-refractivity contribution in [3.63, 3.8) is 0 Å². The summed E-state index contributed by atoms with van der Waals surface area (Å²) < 4.78 is 17.3. The number of carbonyl (C=O) groups excluding carboxylic acids is 1. The van der Waals surface area contributed by atoms with Crippen LogP contribution in [0.15, 0.2) is 0 Å². The molecule has 4 nitrogen and oxygen atoms in total. The Morgan fingerprint density at radius 1 is 1.21 bits per heavy atom. The summed E-state index contributed by atoms with van der Waals surface area (Å²) in [6.45, 7) is 4.05. The number of rotatable bonds is 4. The topological polar surface area (TPSA) is 44.8 Å². The molecule has 0 radical (unpaired) electrons. The van der Waals surface area contributed by atoms with Crippen LogP contribution in [0.3, 0.4) is 0 Å². The van der Waals surface area contributed by atoms with Gasteiger partial charge in [0.2, 0.25) is 0 Å². The highest BCUT2D eigenvalue weighted by Crippen LogP contribution is 2.40. The lowest BCUT2D eigenvalue weighted by molar-refractivity contribution is -0.107. The third-order valence-corrected chi connectivity index (χ3v) is 5.84. The summed E-state index contributed by atoms with van der Waals surface area (Å²) in [4.78, 5) is 10.2. The van der Waals surface area contributed by atoms with Gasteiger partial charge in [-0.05, 0) is 20.3 Å². The molecule has 2 aliphatic rings. The number of hydrogen-bond acceptors (Lipinski definition) is 4. The Morgan fingerprint density at radius 3 is 2.36 bits per heavy atom. The van der Waals surface area contributed by atoms with Crippen molar-refractivity contribution in [1.29, 1.82) is 0 Å². The highest BCUT2D eigenvalue weighted by atomic mass is 28.4. The van der Waals surface area contributed by atoms with E-state index in [-0.39, 0.29) is 18.3 Å². The molecule has 2 bridgehead atoms. The zero-order valence-electron chi connectivity index (χ0n) is 8.56. The van der Waals surface area contributed by atoms with Crippen LogP contribution in [-0.4, -0.2) is 33.4 Å². The number of hydrogen-bond donors (Lipinski definition) is 0. The van der Waals surface area contributed by atoms with Crippen molar-refractivity contribution in [3.05, 3.63) is 0 Å². The molecule has 2 saturated heterocycles. The largest absolute Gasteiger partial charge is 0.502 e. The number of unbranched alkanes of at least 4 members (excludes halogenated alkanes) is 1. The van der Waals surface area contributed by atoms with Gasteiger partial charge in [-0.2, -0.15) is 0 Å². The first-order chi connectivity index (χ1) is 6.67. The van der Waals surface area contributed by atoms with Crippen molar-refractivity contribution in [2.75, 3.05) is 0 Å². The number of aldehydes is 1. The standard InChI is InChI=1S/C9H16O4Si/c1-7-9-8(2)12-14(11-7,13-9)6-4-3-5-10/h5,7-9H,3-4,6H2,1-2H3/t7-,8+,9+,14?. The summed E-state index contributed by atoms with van der Waals surface area (Å²) in [5.41, 5.74) is 0. The van der Waals surface area contributed by atoms with Crippen LogP contribution in [0.4, 0.5) is 0 Å². The van der Waals surface area contributed by atoms with Gasteiger partial charge in [0.15, 0.2) is 0 Å². The average Bonchev–Trinajstić information content (AvgIpc) is 2.58. The Morgan fingerprint density at radius 2 is 1.86 bits per heavy atom. The molecule has 2 rings (SSSR count). The quantitative estimate of drug-likeness (QED) is 0.401. The highest BCUT2D eigenvalue weighted by Gasteiger charge is 2.60. The SMILES string of the molecule is C[C@@H]1O[Si]2(CCCC=O)O[C@H]1[C@@H](C)O2. The normalized spacial score (nSPS) is 45.7. The summed E-state index contributed by atoms with van der Waals surface area (Å²) in [6.07, 6.45) is 2.72. The van der Waals surface area contributed by atoms with Crippen molar-refractivity contribution in [3.8, 4) is 0 Å². The number of carbonyl (C=O) groups is 1. The molecule has 2 heterocycles. The van der Waals surface area contributed by atoms with Crippen LogP contribution >= 0.6 is 0 Å². The van der Waals surface area contributed by atoms with Gasteiger partial charge < -0.3 is 18.1 Å². The van der Waals surface area contributed by atoms with Crippen molar-refractivity contribution in [1.82, 2.24) is 0 Å². The van der Waals surface area contributed by atoms with Crippen LogP contribution in [0.1, 0.15) is 26.7 Å². The zero-order valence-corrected chi connectivity index (χ0v) is 9.56. The molecule has 0 saturated carbocycles. The van der Waals surface area contributed by atoms with Crippen LogP contribution in [0.2, 0.25) is 6.04 Å². The van der Waals surface area contributed by atoms with E-state index in [1.807, 2.05) is 13.8 Å². The molecular formula is C9H16O4Si. The molecule has 0 spiro atoms.